The van der Waals surface area contributed by atoms with Crippen LogP contribution >= 0.6 is 0 Å². The first-order valence-corrected chi connectivity index (χ1v) is 9.48. The highest BCUT2D eigenvalue weighted by molar-refractivity contribution is 5.79. The van der Waals surface area contributed by atoms with Gasteiger partial charge in [-0.25, -0.2) is 0 Å². The Hall–Kier alpha value is -2.12. The van der Waals surface area contributed by atoms with Crippen molar-refractivity contribution in [2.75, 3.05) is 59.7 Å². The van der Waals surface area contributed by atoms with Gasteiger partial charge in [0.25, 0.3) is 5.91 Å². The van der Waals surface area contributed by atoms with Crippen molar-refractivity contribution >= 4 is 11.8 Å². The first-order chi connectivity index (χ1) is 13.2. The summed E-state index contributed by atoms with van der Waals surface area (Å²) in [6.07, 6.45) is 1.61. The molecule has 1 aliphatic heterocycles. The molecule has 0 bridgehead atoms. The smallest absolute Gasteiger partial charge is 0.260 e. The SMILES string of the molecule is CCc1ccccc1OCC(=O)N1CCCN(C(=O)COCCOC)CC1. The van der Waals surface area contributed by atoms with Crippen molar-refractivity contribution in [1.29, 1.82) is 0 Å². The lowest BCUT2D eigenvalue weighted by Crippen LogP contribution is -2.40. The number of methoxy groups -OCH3 is 1. The number of benzene rings is 1. The van der Waals surface area contributed by atoms with Gasteiger partial charge in [0.05, 0.1) is 13.2 Å². The molecular formula is C20H30N2O5. The Morgan fingerprint density at radius 1 is 0.963 bits per heavy atom. The number of ether oxygens (including phenoxy) is 3. The number of para-hydroxylation sites is 1. The van der Waals surface area contributed by atoms with Crippen LogP contribution in [0.2, 0.25) is 0 Å². The fourth-order valence-corrected chi connectivity index (χ4v) is 2.98. The van der Waals surface area contributed by atoms with Gasteiger partial charge in [-0.05, 0) is 24.5 Å². The van der Waals surface area contributed by atoms with E-state index in [1.807, 2.05) is 24.3 Å². The zero-order chi connectivity index (χ0) is 19.5. The van der Waals surface area contributed by atoms with Gasteiger partial charge >= 0.3 is 0 Å². The fraction of sp³-hybridized carbons (Fsp3) is 0.600. The maximum atomic E-state index is 12.5. The third kappa shape index (κ3) is 6.84. The normalized spacial score (nSPS) is 14.7. The molecule has 0 spiro atoms. The van der Waals surface area contributed by atoms with Crippen LogP contribution in [-0.4, -0.2) is 81.3 Å². The summed E-state index contributed by atoms with van der Waals surface area (Å²) in [6, 6.07) is 7.76. The van der Waals surface area contributed by atoms with Gasteiger partial charge in [0.2, 0.25) is 5.91 Å². The molecule has 1 aromatic rings. The number of hydrogen-bond donors (Lipinski definition) is 0. The molecule has 27 heavy (non-hydrogen) atoms. The summed E-state index contributed by atoms with van der Waals surface area (Å²) in [5.74, 6) is 0.660. The molecule has 1 aliphatic rings. The zero-order valence-electron chi connectivity index (χ0n) is 16.3. The van der Waals surface area contributed by atoms with Crippen molar-refractivity contribution in [3.63, 3.8) is 0 Å². The van der Waals surface area contributed by atoms with Crippen LogP contribution in [0.3, 0.4) is 0 Å². The Kier molecular flexibility index (Phi) is 9.07. The molecule has 1 fully saturated rings. The maximum absolute atomic E-state index is 12.5. The van der Waals surface area contributed by atoms with Crippen LogP contribution in [-0.2, 0) is 25.5 Å². The molecule has 2 amide bonds. The molecule has 0 N–H and O–H groups in total. The largest absolute Gasteiger partial charge is 0.483 e. The molecule has 0 saturated carbocycles. The number of hydrogen-bond acceptors (Lipinski definition) is 5. The van der Waals surface area contributed by atoms with E-state index in [2.05, 4.69) is 6.92 Å². The van der Waals surface area contributed by atoms with E-state index >= 15 is 0 Å². The molecule has 2 rings (SSSR count). The Morgan fingerprint density at radius 3 is 2.30 bits per heavy atom. The number of rotatable bonds is 9. The van der Waals surface area contributed by atoms with Crippen LogP contribution < -0.4 is 4.74 Å². The Labute approximate surface area is 161 Å². The van der Waals surface area contributed by atoms with Crippen molar-refractivity contribution in [1.82, 2.24) is 9.80 Å². The number of amides is 2. The zero-order valence-corrected chi connectivity index (χ0v) is 16.3. The number of carbonyl (C=O) groups is 2. The Morgan fingerprint density at radius 2 is 1.63 bits per heavy atom. The highest BCUT2D eigenvalue weighted by Crippen LogP contribution is 2.18. The highest BCUT2D eigenvalue weighted by Gasteiger charge is 2.22. The standard InChI is InChI=1S/C20H30N2O5/c1-3-17-7-4-5-8-18(17)27-16-20(24)22-10-6-9-21(11-12-22)19(23)15-26-14-13-25-2/h4-5,7-8H,3,6,9-16H2,1-2H3. The summed E-state index contributed by atoms with van der Waals surface area (Å²) in [6.45, 7) is 5.30. The minimum absolute atomic E-state index is 0.0189. The molecule has 0 unspecified atom stereocenters. The lowest BCUT2D eigenvalue weighted by Gasteiger charge is -2.22. The lowest BCUT2D eigenvalue weighted by atomic mass is 10.1. The first kappa shape index (κ1) is 21.2. The van der Waals surface area contributed by atoms with Gasteiger partial charge in [0.15, 0.2) is 6.61 Å². The lowest BCUT2D eigenvalue weighted by molar-refractivity contribution is -0.137. The number of aryl methyl sites for hydroxylation is 1. The van der Waals surface area contributed by atoms with Gasteiger partial charge in [0, 0.05) is 33.3 Å². The molecule has 7 heteroatoms. The molecule has 0 aliphatic carbocycles. The predicted octanol–water partition coefficient (Wildman–Crippen LogP) is 1.35. The van der Waals surface area contributed by atoms with E-state index < -0.39 is 0 Å². The molecule has 1 aromatic carbocycles. The monoisotopic (exact) mass is 378 g/mol. The summed E-state index contributed by atoms with van der Waals surface area (Å²) >= 11 is 0. The molecule has 0 radical (unpaired) electrons. The van der Waals surface area contributed by atoms with Crippen LogP contribution in [0.1, 0.15) is 18.9 Å². The van der Waals surface area contributed by atoms with Crippen LogP contribution in [0, 0.1) is 0 Å². The average molecular weight is 378 g/mol. The van der Waals surface area contributed by atoms with Crippen LogP contribution in [0.4, 0.5) is 0 Å². The van der Waals surface area contributed by atoms with Gasteiger partial charge < -0.3 is 24.0 Å². The van der Waals surface area contributed by atoms with E-state index in [-0.39, 0.29) is 25.0 Å². The fourth-order valence-electron chi connectivity index (χ4n) is 2.98. The van der Waals surface area contributed by atoms with E-state index in [4.69, 9.17) is 14.2 Å². The average Bonchev–Trinajstić information content (AvgIpc) is 2.96. The molecule has 1 saturated heterocycles. The summed E-state index contributed by atoms with van der Waals surface area (Å²) in [5, 5.41) is 0. The number of carbonyl (C=O) groups excluding carboxylic acids is 2. The molecule has 150 valence electrons. The van der Waals surface area contributed by atoms with E-state index in [1.54, 1.807) is 16.9 Å². The van der Waals surface area contributed by atoms with E-state index in [9.17, 15) is 9.59 Å². The molecular weight excluding hydrogens is 348 g/mol. The van der Waals surface area contributed by atoms with Gasteiger partial charge in [-0.3, -0.25) is 9.59 Å². The molecule has 0 atom stereocenters. The molecule has 7 nitrogen and oxygen atoms in total. The van der Waals surface area contributed by atoms with E-state index in [0.29, 0.717) is 39.4 Å². The quantitative estimate of drug-likeness (QED) is 0.607. The topological polar surface area (TPSA) is 68.3 Å². The second kappa shape index (κ2) is 11.6. The van der Waals surface area contributed by atoms with Gasteiger partial charge in [0.1, 0.15) is 12.4 Å². The second-order valence-electron chi connectivity index (χ2n) is 6.41. The highest BCUT2D eigenvalue weighted by atomic mass is 16.5. The summed E-state index contributed by atoms with van der Waals surface area (Å²) < 4.78 is 15.9. The van der Waals surface area contributed by atoms with Crippen molar-refractivity contribution in [3.05, 3.63) is 29.8 Å². The maximum Gasteiger partial charge on any atom is 0.260 e. The molecule has 1 heterocycles. The Balaban J connectivity index is 1.77. The minimum Gasteiger partial charge on any atom is -0.483 e. The molecule has 0 aromatic heterocycles. The number of nitrogens with zero attached hydrogens (tertiary/aromatic N) is 2. The van der Waals surface area contributed by atoms with E-state index in [1.165, 1.54) is 0 Å². The second-order valence-corrected chi connectivity index (χ2v) is 6.41. The summed E-state index contributed by atoms with van der Waals surface area (Å²) in [4.78, 5) is 28.2. The Bertz CT molecular complexity index is 608. The van der Waals surface area contributed by atoms with Crippen molar-refractivity contribution in [2.45, 2.75) is 19.8 Å². The minimum atomic E-state index is -0.0495. The van der Waals surface area contributed by atoms with Crippen molar-refractivity contribution < 1.29 is 23.8 Å². The first-order valence-electron chi connectivity index (χ1n) is 9.48. The summed E-state index contributed by atoms with van der Waals surface area (Å²) in [7, 11) is 1.59. The summed E-state index contributed by atoms with van der Waals surface area (Å²) in [5.41, 5.74) is 1.09. The third-order valence-electron chi connectivity index (χ3n) is 4.56. The third-order valence-corrected chi connectivity index (χ3v) is 4.56. The van der Waals surface area contributed by atoms with Crippen LogP contribution in [0.25, 0.3) is 0 Å². The van der Waals surface area contributed by atoms with Crippen LogP contribution in [0.5, 0.6) is 5.75 Å². The van der Waals surface area contributed by atoms with E-state index in [0.717, 1.165) is 24.2 Å². The van der Waals surface area contributed by atoms with Crippen molar-refractivity contribution in [2.24, 2.45) is 0 Å². The van der Waals surface area contributed by atoms with Crippen molar-refractivity contribution in [3.8, 4) is 5.75 Å². The van der Waals surface area contributed by atoms with Gasteiger partial charge in [-0.1, -0.05) is 25.1 Å². The van der Waals surface area contributed by atoms with Crippen LogP contribution in [0.15, 0.2) is 24.3 Å². The predicted molar refractivity (Wildman–Crippen MR) is 102 cm³/mol. The van der Waals surface area contributed by atoms with Gasteiger partial charge in [-0.15, -0.1) is 0 Å². The van der Waals surface area contributed by atoms with Gasteiger partial charge in [-0.2, -0.15) is 0 Å².